The van der Waals surface area contributed by atoms with Crippen LogP contribution in [0.5, 0.6) is 0 Å². The highest BCUT2D eigenvalue weighted by molar-refractivity contribution is 8.00. The lowest BCUT2D eigenvalue weighted by molar-refractivity contribution is -0.129. The number of nitrogens with one attached hydrogen (secondary N) is 1. The van der Waals surface area contributed by atoms with Gasteiger partial charge in [-0.15, -0.1) is 16.8 Å². The van der Waals surface area contributed by atoms with E-state index in [9.17, 15) is 4.79 Å². The first kappa shape index (κ1) is 17.5. The maximum absolute atomic E-state index is 12.5. The van der Waals surface area contributed by atoms with E-state index >= 15 is 0 Å². The van der Waals surface area contributed by atoms with E-state index in [4.69, 9.17) is 0 Å². The Kier molecular flexibility index (Phi) is 5.94. The van der Waals surface area contributed by atoms with Crippen molar-refractivity contribution in [3.05, 3.63) is 18.5 Å². The minimum Gasteiger partial charge on any atom is -0.342 e. The zero-order chi connectivity index (χ0) is 16.9. The first-order valence-electron chi connectivity index (χ1n) is 8.91. The third-order valence-electron chi connectivity index (χ3n) is 4.81. The molecule has 1 amide bonds. The van der Waals surface area contributed by atoms with Gasteiger partial charge in [-0.3, -0.25) is 4.79 Å². The predicted octanol–water partition coefficient (Wildman–Crippen LogP) is 2.03. The number of hydrogen-bond acceptors (Lipinski definition) is 5. The molecule has 2 aliphatic rings. The van der Waals surface area contributed by atoms with Gasteiger partial charge < -0.3 is 14.8 Å². The van der Waals surface area contributed by atoms with Crippen LogP contribution in [0.4, 0.5) is 0 Å². The van der Waals surface area contributed by atoms with Crippen LogP contribution < -0.4 is 5.32 Å². The third kappa shape index (κ3) is 3.83. The second-order valence-corrected chi connectivity index (χ2v) is 7.86. The molecule has 2 saturated heterocycles. The molecule has 0 radical (unpaired) electrons. The molecule has 6 nitrogen and oxygen atoms in total. The first-order valence-corrected chi connectivity index (χ1v) is 9.79. The van der Waals surface area contributed by atoms with Crippen molar-refractivity contribution in [1.82, 2.24) is 25.0 Å². The van der Waals surface area contributed by atoms with Gasteiger partial charge in [0.15, 0.2) is 5.16 Å². The van der Waals surface area contributed by atoms with E-state index in [-0.39, 0.29) is 11.2 Å². The molecule has 1 atom stereocenters. The summed E-state index contributed by atoms with van der Waals surface area (Å²) in [6.45, 7) is 10.4. The minimum atomic E-state index is -0.128. The molecule has 1 aromatic heterocycles. The highest BCUT2D eigenvalue weighted by Gasteiger charge is 2.28. The molecule has 1 aromatic rings. The Bertz CT molecular complexity index is 576. The van der Waals surface area contributed by atoms with Crippen LogP contribution in [0.2, 0.25) is 0 Å². The number of piperidine rings is 1. The third-order valence-corrected chi connectivity index (χ3v) is 5.88. The number of amides is 1. The molecule has 0 spiro atoms. The van der Waals surface area contributed by atoms with Crippen LogP contribution in [0.3, 0.4) is 0 Å². The van der Waals surface area contributed by atoms with Crippen molar-refractivity contribution >= 4 is 17.7 Å². The van der Waals surface area contributed by atoms with Crippen LogP contribution in [0, 0.1) is 0 Å². The lowest BCUT2D eigenvalue weighted by atomic mass is 9.97. The predicted molar refractivity (Wildman–Crippen MR) is 96.2 cm³/mol. The molecule has 24 heavy (non-hydrogen) atoms. The van der Waals surface area contributed by atoms with Gasteiger partial charge in [0, 0.05) is 25.6 Å². The molecule has 0 bridgehead atoms. The fraction of sp³-hybridized carbons (Fsp3) is 0.706. The molecule has 132 valence electrons. The summed E-state index contributed by atoms with van der Waals surface area (Å²) in [5.74, 6) is 1.70. The Morgan fingerprint density at radius 3 is 2.75 bits per heavy atom. The van der Waals surface area contributed by atoms with Crippen LogP contribution in [-0.4, -0.2) is 57.0 Å². The van der Waals surface area contributed by atoms with E-state index in [1.165, 1.54) is 11.8 Å². The molecule has 0 aliphatic carbocycles. The summed E-state index contributed by atoms with van der Waals surface area (Å²) in [4.78, 5) is 14.5. The van der Waals surface area contributed by atoms with Gasteiger partial charge in [0.2, 0.25) is 5.91 Å². The van der Waals surface area contributed by atoms with Gasteiger partial charge in [-0.2, -0.15) is 0 Å². The van der Waals surface area contributed by atoms with E-state index in [1.54, 1.807) is 0 Å². The molecule has 1 N–H and O–H groups in total. The van der Waals surface area contributed by atoms with E-state index < -0.39 is 0 Å². The lowest BCUT2D eigenvalue weighted by Crippen LogP contribution is -2.34. The molecule has 3 heterocycles. The molecule has 0 saturated carbocycles. The zero-order valence-corrected chi connectivity index (χ0v) is 15.2. The fourth-order valence-corrected chi connectivity index (χ4v) is 4.42. The second kappa shape index (κ2) is 8.16. The molecule has 0 unspecified atom stereocenters. The molecular formula is C17H27N5OS. The largest absolute Gasteiger partial charge is 0.342 e. The number of nitrogens with zero attached hydrogens (tertiary/aromatic N) is 4. The number of aromatic nitrogens is 3. The summed E-state index contributed by atoms with van der Waals surface area (Å²) in [5, 5.41) is 13.0. The highest BCUT2D eigenvalue weighted by Crippen LogP contribution is 2.30. The van der Waals surface area contributed by atoms with Crippen molar-refractivity contribution in [3.8, 4) is 0 Å². The molecule has 7 heteroatoms. The average Bonchev–Trinajstić information content (AvgIpc) is 3.26. The number of carbonyl (C=O) groups is 1. The molecule has 3 rings (SSSR count). The average molecular weight is 350 g/mol. The highest BCUT2D eigenvalue weighted by atomic mass is 32.2. The monoisotopic (exact) mass is 349 g/mol. The Labute approximate surface area is 148 Å². The first-order chi connectivity index (χ1) is 11.7. The summed E-state index contributed by atoms with van der Waals surface area (Å²) in [5.41, 5.74) is 0. The van der Waals surface area contributed by atoms with Gasteiger partial charge in [0.1, 0.15) is 5.82 Å². The van der Waals surface area contributed by atoms with Crippen molar-refractivity contribution in [2.75, 3.05) is 26.2 Å². The minimum absolute atomic E-state index is 0.128. The van der Waals surface area contributed by atoms with E-state index in [0.29, 0.717) is 12.5 Å². The Balaban J connectivity index is 1.73. The van der Waals surface area contributed by atoms with Crippen molar-refractivity contribution in [1.29, 1.82) is 0 Å². The van der Waals surface area contributed by atoms with Gasteiger partial charge in [-0.1, -0.05) is 17.8 Å². The standard InChI is InChI=1S/C17H27N5OS/c1-3-10-22-15(14-6-8-18-9-7-14)19-20-17(22)24-13(2)16(23)21-11-4-5-12-21/h3,13-14,18H,1,4-12H2,2H3/t13-/m1/s1. The van der Waals surface area contributed by atoms with E-state index in [0.717, 1.165) is 62.8 Å². The summed E-state index contributed by atoms with van der Waals surface area (Å²) >= 11 is 1.52. The van der Waals surface area contributed by atoms with Crippen molar-refractivity contribution in [2.24, 2.45) is 0 Å². The van der Waals surface area contributed by atoms with Crippen LogP contribution >= 0.6 is 11.8 Å². The van der Waals surface area contributed by atoms with Gasteiger partial charge in [-0.25, -0.2) is 0 Å². The van der Waals surface area contributed by atoms with Gasteiger partial charge in [0.05, 0.1) is 5.25 Å². The topological polar surface area (TPSA) is 63.1 Å². The van der Waals surface area contributed by atoms with Crippen molar-refractivity contribution in [3.63, 3.8) is 0 Å². The SMILES string of the molecule is C=CCn1c(S[C@H](C)C(=O)N2CCCC2)nnc1C1CCNCC1. The number of thioether (sulfide) groups is 1. The smallest absolute Gasteiger partial charge is 0.235 e. The van der Waals surface area contributed by atoms with Gasteiger partial charge in [-0.05, 0) is 45.7 Å². The summed E-state index contributed by atoms with van der Waals surface area (Å²) in [7, 11) is 0. The molecule has 2 fully saturated rings. The van der Waals surface area contributed by atoms with E-state index in [2.05, 4.69) is 26.7 Å². The maximum atomic E-state index is 12.5. The number of hydrogen-bond donors (Lipinski definition) is 1. The molecule has 2 aliphatic heterocycles. The molecule has 0 aromatic carbocycles. The number of likely N-dealkylation sites (tertiary alicyclic amines) is 1. The summed E-state index contributed by atoms with van der Waals surface area (Å²) < 4.78 is 2.14. The summed E-state index contributed by atoms with van der Waals surface area (Å²) in [6.07, 6.45) is 6.29. The van der Waals surface area contributed by atoms with Gasteiger partial charge >= 0.3 is 0 Å². The van der Waals surface area contributed by atoms with E-state index in [1.807, 2.05) is 17.9 Å². The zero-order valence-electron chi connectivity index (χ0n) is 14.4. The second-order valence-electron chi connectivity index (χ2n) is 6.56. The fourth-order valence-electron chi connectivity index (χ4n) is 3.47. The Hall–Kier alpha value is -1.34. The quantitative estimate of drug-likeness (QED) is 0.629. The van der Waals surface area contributed by atoms with Crippen LogP contribution in [0.25, 0.3) is 0 Å². The number of allylic oxidation sites excluding steroid dienone is 1. The van der Waals surface area contributed by atoms with Crippen LogP contribution in [0.15, 0.2) is 17.8 Å². The maximum Gasteiger partial charge on any atom is 0.235 e. The number of rotatable bonds is 6. The Morgan fingerprint density at radius 1 is 1.38 bits per heavy atom. The lowest BCUT2D eigenvalue weighted by Gasteiger charge is -2.23. The van der Waals surface area contributed by atoms with Crippen molar-refractivity contribution < 1.29 is 4.79 Å². The number of carbonyl (C=O) groups excluding carboxylic acids is 1. The Morgan fingerprint density at radius 2 is 2.08 bits per heavy atom. The normalized spacial score (nSPS) is 20.3. The van der Waals surface area contributed by atoms with Gasteiger partial charge in [0.25, 0.3) is 0 Å². The molecular weight excluding hydrogens is 322 g/mol. The van der Waals surface area contributed by atoms with Crippen LogP contribution in [0.1, 0.15) is 44.3 Å². The van der Waals surface area contributed by atoms with Crippen molar-refractivity contribution in [2.45, 2.75) is 55.5 Å². The van der Waals surface area contributed by atoms with Crippen LogP contribution in [-0.2, 0) is 11.3 Å². The summed E-state index contributed by atoms with van der Waals surface area (Å²) in [6, 6.07) is 0.